The van der Waals surface area contributed by atoms with E-state index in [9.17, 15) is 4.39 Å². The summed E-state index contributed by atoms with van der Waals surface area (Å²) in [6, 6.07) is 38.9. The van der Waals surface area contributed by atoms with Crippen LogP contribution in [0.3, 0.4) is 0 Å². The van der Waals surface area contributed by atoms with Crippen LogP contribution in [0.2, 0.25) is 0 Å². The molecule has 0 amide bonds. The molecule has 4 aromatic carbocycles. The summed E-state index contributed by atoms with van der Waals surface area (Å²) in [5.74, 6) is -0.299. The first-order valence-electron chi connectivity index (χ1n) is 13.0. The van der Waals surface area contributed by atoms with Gasteiger partial charge in [-0.15, -0.1) is 53.6 Å². The van der Waals surface area contributed by atoms with Crippen LogP contribution in [0.15, 0.2) is 120 Å². The number of aryl methyl sites for hydroxylation is 2. The Bertz CT molecular complexity index is 1920. The maximum atomic E-state index is 14.7. The van der Waals surface area contributed by atoms with Gasteiger partial charge in [-0.3, -0.25) is 0 Å². The van der Waals surface area contributed by atoms with Gasteiger partial charge >= 0.3 is 0 Å². The molecular formula is C36H25FIrN2O-2. The third-order valence-electron chi connectivity index (χ3n) is 6.69. The average molecular weight is 713 g/mol. The van der Waals surface area contributed by atoms with E-state index in [0.717, 1.165) is 44.4 Å². The number of benzene rings is 4. The fourth-order valence-electron chi connectivity index (χ4n) is 4.70. The maximum absolute atomic E-state index is 14.7. The van der Waals surface area contributed by atoms with Crippen molar-refractivity contribution in [3.63, 3.8) is 0 Å². The molecule has 0 unspecified atom stereocenters. The zero-order valence-electron chi connectivity index (χ0n) is 22.5. The van der Waals surface area contributed by atoms with E-state index in [-0.39, 0.29) is 25.9 Å². The molecule has 3 aromatic heterocycles. The van der Waals surface area contributed by atoms with E-state index in [1.54, 1.807) is 18.5 Å². The van der Waals surface area contributed by atoms with E-state index in [4.69, 9.17) is 4.42 Å². The molecule has 7 aromatic rings. The fraction of sp³-hybridized carbons (Fsp3) is 0.0556. The first kappa shape index (κ1) is 28.1. The smallest absolute Gasteiger partial charge is 0.134 e. The molecule has 0 aliphatic rings. The van der Waals surface area contributed by atoms with Crippen molar-refractivity contribution in [3.05, 3.63) is 145 Å². The van der Waals surface area contributed by atoms with Crippen LogP contribution in [0.5, 0.6) is 0 Å². The van der Waals surface area contributed by atoms with Crippen LogP contribution in [0.25, 0.3) is 55.6 Å². The van der Waals surface area contributed by atoms with Crippen LogP contribution in [-0.2, 0) is 20.1 Å². The van der Waals surface area contributed by atoms with E-state index < -0.39 is 0 Å². The minimum Gasteiger partial charge on any atom is -0.500 e. The van der Waals surface area contributed by atoms with Crippen LogP contribution in [0.1, 0.15) is 11.1 Å². The third-order valence-corrected chi connectivity index (χ3v) is 6.69. The van der Waals surface area contributed by atoms with Gasteiger partial charge in [0.05, 0.1) is 11.1 Å². The fourth-order valence-corrected chi connectivity index (χ4v) is 4.70. The molecule has 7 rings (SSSR count). The van der Waals surface area contributed by atoms with E-state index >= 15 is 0 Å². The van der Waals surface area contributed by atoms with Crippen molar-refractivity contribution < 1.29 is 28.9 Å². The molecule has 0 bridgehead atoms. The van der Waals surface area contributed by atoms with Crippen LogP contribution < -0.4 is 0 Å². The maximum Gasteiger partial charge on any atom is 0.134 e. The van der Waals surface area contributed by atoms with Crippen LogP contribution in [0, 0.1) is 31.8 Å². The number of aromatic nitrogens is 2. The molecular weight excluding hydrogens is 688 g/mol. The molecule has 0 aliphatic carbocycles. The van der Waals surface area contributed by atoms with Gasteiger partial charge in [-0.05, 0) is 48.1 Å². The first-order valence-corrected chi connectivity index (χ1v) is 13.0. The summed E-state index contributed by atoms with van der Waals surface area (Å²) < 4.78 is 21.0. The molecule has 0 saturated carbocycles. The van der Waals surface area contributed by atoms with Gasteiger partial charge in [-0.25, -0.2) is 4.39 Å². The van der Waals surface area contributed by atoms with E-state index in [1.165, 1.54) is 11.6 Å². The Labute approximate surface area is 252 Å². The van der Waals surface area contributed by atoms with Crippen LogP contribution >= 0.6 is 0 Å². The number of nitrogens with zero attached hydrogens (tertiary/aromatic N) is 2. The third kappa shape index (κ3) is 5.88. The van der Waals surface area contributed by atoms with Gasteiger partial charge in [-0.2, -0.15) is 0 Å². The average Bonchev–Trinajstić information content (AvgIpc) is 3.37. The van der Waals surface area contributed by atoms with E-state index in [1.807, 2.05) is 91.9 Å². The van der Waals surface area contributed by atoms with Gasteiger partial charge in [0.25, 0.3) is 0 Å². The predicted molar refractivity (Wildman–Crippen MR) is 159 cm³/mol. The summed E-state index contributed by atoms with van der Waals surface area (Å²) in [6.45, 7) is 4.07. The van der Waals surface area contributed by atoms with Crippen molar-refractivity contribution in [2.75, 3.05) is 0 Å². The van der Waals surface area contributed by atoms with Gasteiger partial charge in [-0.1, -0.05) is 72.0 Å². The number of hydrogen-bond acceptors (Lipinski definition) is 3. The summed E-state index contributed by atoms with van der Waals surface area (Å²) in [4.78, 5) is 8.71. The molecule has 3 heterocycles. The monoisotopic (exact) mass is 713 g/mol. The van der Waals surface area contributed by atoms with Crippen molar-refractivity contribution in [2.45, 2.75) is 13.8 Å². The summed E-state index contributed by atoms with van der Waals surface area (Å²) in [7, 11) is 0. The summed E-state index contributed by atoms with van der Waals surface area (Å²) >= 11 is 0. The Kier molecular flexibility index (Phi) is 8.49. The number of rotatable bonds is 3. The summed E-state index contributed by atoms with van der Waals surface area (Å²) in [6.07, 6.45) is 3.57. The quantitative estimate of drug-likeness (QED) is 0.172. The van der Waals surface area contributed by atoms with Crippen LogP contribution in [0.4, 0.5) is 4.39 Å². The predicted octanol–water partition coefficient (Wildman–Crippen LogP) is 9.42. The first-order chi connectivity index (χ1) is 19.6. The second-order valence-electron chi connectivity index (χ2n) is 9.58. The van der Waals surface area contributed by atoms with Gasteiger partial charge < -0.3 is 14.4 Å². The minimum absolute atomic E-state index is 0. The van der Waals surface area contributed by atoms with E-state index in [2.05, 4.69) is 35.1 Å². The van der Waals surface area contributed by atoms with Gasteiger partial charge in [0.2, 0.25) is 0 Å². The number of hydrogen-bond donors (Lipinski definition) is 0. The molecule has 0 spiro atoms. The topological polar surface area (TPSA) is 38.9 Å². The number of furan rings is 1. The molecule has 41 heavy (non-hydrogen) atoms. The standard InChI is InChI=1S/C24H15FNO.C12H10N.Ir/c1-15-12-13-26-21(14-15)19-9-5-8-17-18-10-11-20(25)22(24(18)27-23(17)19)16-6-3-2-4-7-16;1-10-5-7-11(8-6-10)12-4-2-3-9-13-12;/h2-8,10-14H,1H3;2-7,9H,1H3;/q2*-1;. The molecule has 0 N–H and O–H groups in total. The Morgan fingerprint density at radius 3 is 2.20 bits per heavy atom. The van der Waals surface area contributed by atoms with Crippen molar-refractivity contribution in [1.29, 1.82) is 0 Å². The normalized spacial score (nSPS) is 10.6. The van der Waals surface area contributed by atoms with Gasteiger partial charge in [0.1, 0.15) is 11.4 Å². The number of pyridine rings is 2. The Balaban J connectivity index is 0.000000204. The molecule has 203 valence electrons. The molecule has 3 nitrogen and oxygen atoms in total. The van der Waals surface area contributed by atoms with Crippen molar-refractivity contribution in [2.24, 2.45) is 0 Å². The Morgan fingerprint density at radius 1 is 0.683 bits per heavy atom. The second-order valence-corrected chi connectivity index (χ2v) is 9.58. The SMILES string of the molecule is Cc1c[c-]c(-c2ccccn2)cc1.Cc1ccnc(-c2[c-]ccc3c2oc2c(-c4ccccc4)c(F)ccc23)c1.[Ir]. The van der Waals surface area contributed by atoms with E-state index in [0.29, 0.717) is 16.7 Å². The molecule has 0 aliphatic heterocycles. The molecule has 0 saturated heterocycles. The molecule has 5 heteroatoms. The largest absolute Gasteiger partial charge is 0.500 e. The van der Waals surface area contributed by atoms with Crippen molar-refractivity contribution in [3.8, 4) is 33.6 Å². The number of fused-ring (bicyclic) bond motifs is 3. The summed E-state index contributed by atoms with van der Waals surface area (Å²) in [5, 5.41) is 1.81. The van der Waals surface area contributed by atoms with Crippen molar-refractivity contribution >= 4 is 21.9 Å². The van der Waals surface area contributed by atoms with Crippen LogP contribution in [-0.4, -0.2) is 9.97 Å². The minimum atomic E-state index is -0.299. The second kappa shape index (κ2) is 12.4. The van der Waals surface area contributed by atoms with Gasteiger partial charge in [0.15, 0.2) is 0 Å². The molecule has 1 radical (unpaired) electrons. The van der Waals surface area contributed by atoms with Crippen molar-refractivity contribution in [1.82, 2.24) is 9.97 Å². The Hall–Kier alpha value is -4.44. The molecule has 0 atom stereocenters. The summed E-state index contributed by atoms with van der Waals surface area (Å²) in [5.41, 5.74) is 8.42. The molecule has 0 fully saturated rings. The number of halogens is 1. The zero-order valence-corrected chi connectivity index (χ0v) is 24.9. The van der Waals surface area contributed by atoms with Gasteiger partial charge in [0, 0.05) is 37.9 Å². The Morgan fingerprint density at radius 2 is 1.46 bits per heavy atom. The zero-order chi connectivity index (χ0) is 27.5.